The number of carbonyl (C=O) groups is 2. The van der Waals surface area contributed by atoms with Gasteiger partial charge >= 0.3 is 5.97 Å². The van der Waals surface area contributed by atoms with Gasteiger partial charge in [-0.2, -0.15) is 5.10 Å². The van der Waals surface area contributed by atoms with Gasteiger partial charge in [0.15, 0.2) is 0 Å². The van der Waals surface area contributed by atoms with E-state index in [1.165, 1.54) is 11.8 Å². The molecule has 1 aromatic heterocycles. The molecule has 2 atom stereocenters. The van der Waals surface area contributed by atoms with E-state index in [0.29, 0.717) is 6.54 Å². The molecule has 1 amide bonds. The van der Waals surface area contributed by atoms with Crippen molar-refractivity contribution in [3.63, 3.8) is 0 Å². The molecule has 0 aliphatic carbocycles. The standard InChI is InChI=1S/C15H23N3O3S/c1-10(14(20)21-15(2,3)4)22-12-6-7-18(13(12)19)11-8-16-17(5)9-11/h8-10,12H,6-7H2,1-5H3/t10-,12-/m0/s1. The summed E-state index contributed by atoms with van der Waals surface area (Å²) in [6.07, 6.45) is 4.23. The van der Waals surface area contributed by atoms with Gasteiger partial charge in [0.1, 0.15) is 10.9 Å². The minimum Gasteiger partial charge on any atom is -0.459 e. The molecule has 2 heterocycles. The number of thioether (sulfide) groups is 1. The lowest BCUT2D eigenvalue weighted by atomic mass is 10.2. The molecule has 0 N–H and O–H groups in total. The number of rotatable bonds is 4. The lowest BCUT2D eigenvalue weighted by molar-refractivity contribution is -0.153. The Hall–Kier alpha value is -1.50. The molecule has 6 nitrogen and oxygen atoms in total. The molecule has 1 aromatic rings. The van der Waals surface area contributed by atoms with Crippen molar-refractivity contribution in [3.05, 3.63) is 12.4 Å². The second-order valence-corrected chi connectivity index (χ2v) is 8.00. The summed E-state index contributed by atoms with van der Waals surface area (Å²) in [5, 5.41) is 3.53. The van der Waals surface area contributed by atoms with Gasteiger partial charge in [-0.1, -0.05) is 0 Å². The van der Waals surface area contributed by atoms with Crippen LogP contribution < -0.4 is 4.90 Å². The molecule has 0 aromatic carbocycles. The summed E-state index contributed by atoms with van der Waals surface area (Å²) in [7, 11) is 1.82. The lowest BCUT2D eigenvalue weighted by Gasteiger charge is -2.23. The average molecular weight is 325 g/mol. The van der Waals surface area contributed by atoms with Gasteiger partial charge in [0.05, 0.1) is 17.1 Å². The number of carbonyl (C=O) groups excluding carboxylic acids is 2. The van der Waals surface area contributed by atoms with Crippen LogP contribution in [-0.2, 0) is 21.4 Å². The molecule has 122 valence electrons. The second-order valence-electron chi connectivity index (χ2n) is 6.45. The Morgan fingerprint density at radius 2 is 2.18 bits per heavy atom. The molecule has 1 saturated heterocycles. The van der Waals surface area contributed by atoms with Crippen molar-refractivity contribution in [2.24, 2.45) is 7.05 Å². The Labute approximate surface area is 135 Å². The van der Waals surface area contributed by atoms with Gasteiger partial charge < -0.3 is 9.64 Å². The zero-order valence-electron chi connectivity index (χ0n) is 13.7. The number of hydrogen-bond acceptors (Lipinski definition) is 5. The van der Waals surface area contributed by atoms with Gasteiger partial charge in [0.25, 0.3) is 0 Å². The highest BCUT2D eigenvalue weighted by molar-refractivity contribution is 8.01. The van der Waals surface area contributed by atoms with Gasteiger partial charge in [-0.25, -0.2) is 0 Å². The maximum absolute atomic E-state index is 12.5. The van der Waals surface area contributed by atoms with Crippen LogP contribution in [0.5, 0.6) is 0 Å². The molecule has 1 aliphatic rings. The van der Waals surface area contributed by atoms with Crippen molar-refractivity contribution in [2.45, 2.75) is 50.2 Å². The van der Waals surface area contributed by atoms with Gasteiger partial charge in [-0.05, 0) is 34.1 Å². The third-order valence-corrected chi connectivity index (χ3v) is 4.63. The summed E-state index contributed by atoms with van der Waals surface area (Å²) in [5.41, 5.74) is 0.299. The third kappa shape index (κ3) is 4.03. The molecule has 1 aliphatic heterocycles. The molecule has 2 rings (SSSR count). The molecule has 0 bridgehead atoms. The Bertz CT molecular complexity index is 565. The number of esters is 1. The highest BCUT2D eigenvalue weighted by atomic mass is 32.2. The number of anilines is 1. The number of hydrogen-bond donors (Lipinski definition) is 0. The summed E-state index contributed by atoms with van der Waals surface area (Å²) >= 11 is 1.38. The van der Waals surface area contributed by atoms with Crippen molar-refractivity contribution in [1.29, 1.82) is 0 Å². The van der Waals surface area contributed by atoms with Crippen LogP contribution in [0, 0.1) is 0 Å². The van der Waals surface area contributed by atoms with E-state index in [4.69, 9.17) is 4.74 Å². The maximum atomic E-state index is 12.5. The fraction of sp³-hybridized carbons (Fsp3) is 0.667. The van der Waals surface area contributed by atoms with E-state index in [0.717, 1.165) is 12.1 Å². The van der Waals surface area contributed by atoms with Crippen molar-refractivity contribution < 1.29 is 14.3 Å². The van der Waals surface area contributed by atoms with Crippen LogP contribution in [-0.4, -0.2) is 44.3 Å². The van der Waals surface area contributed by atoms with Crippen molar-refractivity contribution in [3.8, 4) is 0 Å². The van der Waals surface area contributed by atoms with E-state index in [-0.39, 0.29) is 22.4 Å². The zero-order chi connectivity index (χ0) is 16.5. The summed E-state index contributed by atoms with van der Waals surface area (Å²) in [5.74, 6) is -0.237. The van der Waals surface area contributed by atoms with Crippen LogP contribution in [0.15, 0.2) is 12.4 Å². The van der Waals surface area contributed by atoms with E-state index < -0.39 is 5.60 Å². The van der Waals surface area contributed by atoms with Crippen molar-refractivity contribution in [2.75, 3.05) is 11.4 Å². The van der Waals surface area contributed by atoms with Crippen LogP contribution in [0.3, 0.4) is 0 Å². The Morgan fingerprint density at radius 3 is 2.73 bits per heavy atom. The monoisotopic (exact) mass is 325 g/mol. The van der Waals surface area contributed by atoms with E-state index in [9.17, 15) is 9.59 Å². The van der Waals surface area contributed by atoms with Crippen LogP contribution in [0.4, 0.5) is 5.69 Å². The highest BCUT2D eigenvalue weighted by Gasteiger charge is 2.36. The summed E-state index contributed by atoms with van der Waals surface area (Å²) < 4.78 is 7.03. The van der Waals surface area contributed by atoms with E-state index in [1.807, 2.05) is 34.0 Å². The smallest absolute Gasteiger partial charge is 0.319 e. The van der Waals surface area contributed by atoms with Gasteiger partial charge in [0, 0.05) is 19.8 Å². The summed E-state index contributed by atoms with van der Waals surface area (Å²) in [4.78, 5) is 26.2. The Morgan fingerprint density at radius 1 is 1.50 bits per heavy atom. The maximum Gasteiger partial charge on any atom is 0.319 e. The Kier molecular flexibility index (Phi) is 4.84. The SMILES string of the molecule is C[C@H](S[C@H]1CCN(c2cnn(C)c2)C1=O)C(=O)OC(C)(C)C. The molecule has 0 unspecified atom stereocenters. The number of aromatic nitrogens is 2. The van der Waals surface area contributed by atoms with Crippen LogP contribution in [0.1, 0.15) is 34.1 Å². The molecule has 0 saturated carbocycles. The van der Waals surface area contributed by atoms with Crippen molar-refractivity contribution >= 4 is 29.3 Å². The minimum absolute atomic E-state index is 0.0356. The number of aryl methyl sites for hydroxylation is 1. The van der Waals surface area contributed by atoms with Crippen LogP contribution in [0.25, 0.3) is 0 Å². The molecular formula is C15H23N3O3S. The Balaban J connectivity index is 1.94. The minimum atomic E-state index is -0.507. The third-order valence-electron chi connectivity index (χ3n) is 3.27. The van der Waals surface area contributed by atoms with E-state index >= 15 is 0 Å². The molecule has 1 fully saturated rings. The lowest BCUT2D eigenvalue weighted by Crippen LogP contribution is -2.32. The fourth-order valence-corrected chi connectivity index (χ4v) is 3.41. The molecule has 0 spiro atoms. The first-order valence-corrected chi connectivity index (χ1v) is 8.30. The number of amides is 1. The quantitative estimate of drug-likeness (QED) is 0.792. The van der Waals surface area contributed by atoms with E-state index in [2.05, 4.69) is 5.10 Å². The number of nitrogens with zero attached hydrogens (tertiary/aromatic N) is 3. The first kappa shape index (κ1) is 16.9. The molecule has 0 radical (unpaired) electrons. The largest absolute Gasteiger partial charge is 0.459 e. The molecule has 22 heavy (non-hydrogen) atoms. The van der Waals surface area contributed by atoms with Crippen LogP contribution >= 0.6 is 11.8 Å². The zero-order valence-corrected chi connectivity index (χ0v) is 14.5. The van der Waals surface area contributed by atoms with Gasteiger partial charge in [-0.3, -0.25) is 14.3 Å². The highest BCUT2D eigenvalue weighted by Crippen LogP contribution is 2.31. The van der Waals surface area contributed by atoms with E-state index in [1.54, 1.807) is 22.7 Å². The van der Waals surface area contributed by atoms with Gasteiger partial charge in [-0.15, -0.1) is 11.8 Å². The first-order valence-electron chi connectivity index (χ1n) is 7.36. The van der Waals surface area contributed by atoms with Crippen molar-refractivity contribution in [1.82, 2.24) is 9.78 Å². The van der Waals surface area contributed by atoms with Crippen LogP contribution in [0.2, 0.25) is 0 Å². The van der Waals surface area contributed by atoms with Gasteiger partial charge in [0.2, 0.25) is 5.91 Å². The second kappa shape index (κ2) is 6.32. The number of ether oxygens (including phenoxy) is 1. The fourth-order valence-electron chi connectivity index (χ4n) is 2.27. The average Bonchev–Trinajstić information content (AvgIpc) is 2.95. The summed E-state index contributed by atoms with van der Waals surface area (Å²) in [6.45, 7) is 7.97. The summed E-state index contributed by atoms with van der Waals surface area (Å²) in [6, 6.07) is 0. The predicted molar refractivity (Wildman–Crippen MR) is 86.9 cm³/mol. The first-order chi connectivity index (χ1) is 10.2. The predicted octanol–water partition coefficient (Wildman–Crippen LogP) is 1.99. The topological polar surface area (TPSA) is 64.4 Å². The molecule has 7 heteroatoms. The normalized spacial score (nSPS) is 20.3. The molecular weight excluding hydrogens is 302 g/mol.